The van der Waals surface area contributed by atoms with Gasteiger partial charge in [0.05, 0.1) is 18.0 Å². The maximum absolute atomic E-state index is 12.7. The Hall–Kier alpha value is -2.53. The Morgan fingerprint density at radius 2 is 1.95 bits per heavy atom. The summed E-state index contributed by atoms with van der Waals surface area (Å²) in [6, 6.07) is 11.6. The Morgan fingerprint density at radius 1 is 1.24 bits per heavy atom. The van der Waals surface area contributed by atoms with Gasteiger partial charge >= 0.3 is 0 Å². The van der Waals surface area contributed by atoms with Gasteiger partial charge in [0, 0.05) is 12.1 Å². The average molecular weight is 286 g/mol. The molecule has 0 aliphatic heterocycles. The molecule has 0 unspecified atom stereocenters. The third-order valence-electron chi connectivity index (χ3n) is 3.24. The molecule has 110 valence electrons. The SMILES string of the molecule is Cc1cc(O)ccc1C(=O)N(CCO)c1ccccc1N. The molecule has 0 aliphatic carbocycles. The van der Waals surface area contributed by atoms with E-state index in [1.165, 1.54) is 17.0 Å². The molecular formula is C16H18N2O3. The van der Waals surface area contributed by atoms with Gasteiger partial charge in [-0.25, -0.2) is 0 Å². The fraction of sp³-hybridized carbons (Fsp3) is 0.188. The van der Waals surface area contributed by atoms with Gasteiger partial charge in [-0.3, -0.25) is 4.79 Å². The van der Waals surface area contributed by atoms with Crippen molar-refractivity contribution >= 4 is 17.3 Å². The van der Waals surface area contributed by atoms with Crippen LogP contribution in [0.1, 0.15) is 15.9 Å². The highest BCUT2D eigenvalue weighted by Gasteiger charge is 2.20. The van der Waals surface area contributed by atoms with Gasteiger partial charge in [0.1, 0.15) is 5.75 Å². The first-order chi connectivity index (χ1) is 10.0. The van der Waals surface area contributed by atoms with Gasteiger partial charge in [-0.1, -0.05) is 12.1 Å². The van der Waals surface area contributed by atoms with E-state index in [4.69, 9.17) is 5.73 Å². The largest absolute Gasteiger partial charge is 0.508 e. The second kappa shape index (κ2) is 6.28. The molecule has 0 heterocycles. The van der Waals surface area contributed by atoms with Gasteiger partial charge in [0.2, 0.25) is 0 Å². The topological polar surface area (TPSA) is 86.8 Å². The third-order valence-corrected chi connectivity index (χ3v) is 3.24. The molecule has 0 aliphatic rings. The van der Waals surface area contributed by atoms with Gasteiger partial charge in [-0.2, -0.15) is 0 Å². The van der Waals surface area contributed by atoms with E-state index in [0.29, 0.717) is 22.5 Å². The summed E-state index contributed by atoms with van der Waals surface area (Å²) in [6.07, 6.45) is 0. The van der Waals surface area contributed by atoms with Crippen LogP contribution >= 0.6 is 0 Å². The predicted octanol–water partition coefficient (Wildman–Crippen LogP) is 1.92. The number of hydrogen-bond acceptors (Lipinski definition) is 4. The van der Waals surface area contributed by atoms with Crippen LogP contribution in [0.4, 0.5) is 11.4 Å². The van der Waals surface area contributed by atoms with Crippen LogP contribution in [0, 0.1) is 6.92 Å². The van der Waals surface area contributed by atoms with Crippen molar-refractivity contribution in [3.05, 3.63) is 53.6 Å². The maximum atomic E-state index is 12.7. The Balaban J connectivity index is 2.43. The highest BCUT2D eigenvalue weighted by molar-refractivity contribution is 6.08. The Morgan fingerprint density at radius 3 is 2.57 bits per heavy atom. The summed E-state index contributed by atoms with van der Waals surface area (Å²) in [7, 11) is 0. The lowest BCUT2D eigenvalue weighted by Gasteiger charge is -2.24. The molecule has 21 heavy (non-hydrogen) atoms. The molecule has 0 saturated carbocycles. The standard InChI is InChI=1S/C16H18N2O3/c1-11-10-12(20)6-7-13(11)16(21)18(8-9-19)15-5-3-2-4-14(15)17/h2-7,10,19-20H,8-9,17H2,1H3. The average Bonchev–Trinajstić information content (AvgIpc) is 2.45. The Bertz CT molecular complexity index is 656. The Kier molecular flexibility index (Phi) is 4.45. The number of hydrogen-bond donors (Lipinski definition) is 3. The van der Waals surface area contributed by atoms with Crippen LogP contribution in [0.2, 0.25) is 0 Å². The number of amides is 1. The van der Waals surface area contributed by atoms with E-state index < -0.39 is 0 Å². The maximum Gasteiger partial charge on any atom is 0.258 e. The second-order valence-electron chi connectivity index (χ2n) is 4.74. The molecule has 2 aromatic carbocycles. The zero-order chi connectivity index (χ0) is 15.4. The molecule has 2 aromatic rings. The van der Waals surface area contributed by atoms with Crippen LogP contribution in [0.3, 0.4) is 0 Å². The number of nitrogen functional groups attached to an aromatic ring is 1. The Labute approximate surface area is 123 Å². The van der Waals surface area contributed by atoms with Crippen LogP contribution in [0.25, 0.3) is 0 Å². The molecule has 0 atom stereocenters. The predicted molar refractivity (Wildman–Crippen MR) is 82.5 cm³/mol. The first kappa shape index (κ1) is 14.9. The highest BCUT2D eigenvalue weighted by atomic mass is 16.3. The number of nitrogens with zero attached hydrogens (tertiary/aromatic N) is 1. The third kappa shape index (κ3) is 3.14. The lowest BCUT2D eigenvalue weighted by molar-refractivity contribution is 0.0980. The van der Waals surface area contributed by atoms with Crippen molar-refractivity contribution in [2.24, 2.45) is 0 Å². The minimum atomic E-state index is -0.264. The molecule has 0 radical (unpaired) electrons. The van der Waals surface area contributed by atoms with E-state index >= 15 is 0 Å². The van der Waals surface area contributed by atoms with Crippen molar-refractivity contribution in [3.8, 4) is 5.75 Å². The van der Waals surface area contributed by atoms with Crippen molar-refractivity contribution < 1.29 is 15.0 Å². The second-order valence-corrected chi connectivity index (χ2v) is 4.74. The quantitative estimate of drug-likeness (QED) is 0.749. The summed E-state index contributed by atoms with van der Waals surface area (Å²) < 4.78 is 0. The van der Waals surface area contributed by atoms with Crippen LogP contribution in [0.5, 0.6) is 5.75 Å². The van der Waals surface area contributed by atoms with Crippen LogP contribution in [0.15, 0.2) is 42.5 Å². The van der Waals surface area contributed by atoms with Crippen LogP contribution in [-0.4, -0.2) is 29.3 Å². The van der Waals surface area contributed by atoms with Crippen molar-refractivity contribution in [2.45, 2.75) is 6.92 Å². The zero-order valence-corrected chi connectivity index (χ0v) is 11.8. The molecule has 0 bridgehead atoms. The van der Waals surface area contributed by atoms with Gasteiger partial charge in [-0.05, 0) is 42.8 Å². The molecule has 0 aromatic heterocycles. The van der Waals surface area contributed by atoms with Crippen molar-refractivity contribution in [2.75, 3.05) is 23.8 Å². The number of phenols is 1. The van der Waals surface area contributed by atoms with Crippen molar-refractivity contribution in [1.29, 1.82) is 0 Å². The number of para-hydroxylation sites is 2. The van der Waals surface area contributed by atoms with Crippen LogP contribution in [-0.2, 0) is 0 Å². The normalized spacial score (nSPS) is 10.4. The smallest absolute Gasteiger partial charge is 0.258 e. The highest BCUT2D eigenvalue weighted by Crippen LogP contribution is 2.25. The first-order valence-corrected chi connectivity index (χ1v) is 6.61. The van der Waals surface area contributed by atoms with E-state index in [2.05, 4.69) is 0 Å². The fourth-order valence-corrected chi connectivity index (χ4v) is 2.20. The summed E-state index contributed by atoms with van der Waals surface area (Å²) in [5.74, 6) is -0.156. The molecule has 5 heteroatoms. The molecule has 0 saturated heterocycles. The fourth-order valence-electron chi connectivity index (χ4n) is 2.20. The lowest BCUT2D eigenvalue weighted by atomic mass is 10.1. The van der Waals surface area contributed by atoms with Gasteiger partial charge in [0.25, 0.3) is 5.91 Å². The number of aliphatic hydroxyl groups is 1. The van der Waals surface area contributed by atoms with Crippen molar-refractivity contribution in [1.82, 2.24) is 0 Å². The summed E-state index contributed by atoms with van der Waals surface area (Å²) in [4.78, 5) is 14.1. The molecule has 0 spiro atoms. The molecule has 2 rings (SSSR count). The number of rotatable bonds is 4. The van der Waals surface area contributed by atoms with E-state index in [-0.39, 0.29) is 24.8 Å². The van der Waals surface area contributed by atoms with E-state index in [9.17, 15) is 15.0 Å². The number of carbonyl (C=O) groups is 1. The summed E-state index contributed by atoms with van der Waals surface area (Å²) in [5, 5.41) is 18.7. The van der Waals surface area contributed by atoms with Gasteiger partial charge < -0.3 is 20.8 Å². The zero-order valence-electron chi connectivity index (χ0n) is 11.8. The number of aryl methyl sites for hydroxylation is 1. The summed E-state index contributed by atoms with van der Waals surface area (Å²) in [5.41, 5.74) is 8.07. The monoisotopic (exact) mass is 286 g/mol. The molecule has 4 N–H and O–H groups in total. The molecule has 0 fully saturated rings. The molecular weight excluding hydrogens is 268 g/mol. The van der Waals surface area contributed by atoms with E-state index in [0.717, 1.165) is 0 Å². The number of aromatic hydroxyl groups is 1. The molecule has 1 amide bonds. The summed E-state index contributed by atoms with van der Waals surface area (Å²) in [6.45, 7) is 1.73. The number of phenolic OH excluding ortho intramolecular Hbond substituents is 1. The summed E-state index contributed by atoms with van der Waals surface area (Å²) >= 11 is 0. The van der Waals surface area contributed by atoms with E-state index in [1.807, 2.05) is 0 Å². The number of nitrogens with two attached hydrogens (primary N) is 1. The number of anilines is 2. The van der Waals surface area contributed by atoms with Crippen LogP contribution < -0.4 is 10.6 Å². The van der Waals surface area contributed by atoms with Gasteiger partial charge in [0.15, 0.2) is 0 Å². The van der Waals surface area contributed by atoms with Crippen molar-refractivity contribution in [3.63, 3.8) is 0 Å². The van der Waals surface area contributed by atoms with Gasteiger partial charge in [-0.15, -0.1) is 0 Å². The lowest BCUT2D eigenvalue weighted by Crippen LogP contribution is -2.34. The number of benzene rings is 2. The number of aliphatic hydroxyl groups excluding tert-OH is 1. The van der Waals surface area contributed by atoms with E-state index in [1.54, 1.807) is 37.3 Å². The minimum Gasteiger partial charge on any atom is -0.508 e. The molecule has 5 nitrogen and oxygen atoms in total. The first-order valence-electron chi connectivity index (χ1n) is 6.61. The number of carbonyl (C=O) groups excluding carboxylic acids is 1. The minimum absolute atomic E-state index is 0.108.